The molecule has 0 unspecified atom stereocenters. The van der Waals surface area contributed by atoms with Crippen LogP contribution >= 0.6 is 0 Å². The van der Waals surface area contributed by atoms with Gasteiger partial charge in [0, 0.05) is 48.0 Å². The van der Waals surface area contributed by atoms with Crippen molar-refractivity contribution in [2.75, 3.05) is 52.7 Å². The molecule has 6 nitrogen and oxygen atoms in total. The zero-order valence-corrected chi connectivity index (χ0v) is 17.0. The van der Waals surface area contributed by atoms with Gasteiger partial charge in [-0.3, -0.25) is 9.69 Å². The van der Waals surface area contributed by atoms with Gasteiger partial charge in [-0.1, -0.05) is 12.1 Å². The molecule has 154 valence electrons. The van der Waals surface area contributed by atoms with E-state index in [4.69, 9.17) is 18.9 Å². The number of carbonyl (C=O) groups is 1. The summed E-state index contributed by atoms with van der Waals surface area (Å²) in [7, 11) is 0. The van der Waals surface area contributed by atoms with Gasteiger partial charge in [0.25, 0.3) is 0 Å². The standard InChI is InChI=1S/C23H27NO5/c1-3-27-16-14-18-22(20(15-16)28-4-2)21-17(23(18)25)6-5-7-19(21)29-13-10-24-8-11-26-12-9-24/h5-7,14-15H,3-4,8-13H2,1-2H3. The predicted molar refractivity (Wildman–Crippen MR) is 110 cm³/mol. The monoisotopic (exact) mass is 397 g/mol. The van der Waals surface area contributed by atoms with Gasteiger partial charge in [0.1, 0.15) is 23.9 Å². The van der Waals surface area contributed by atoms with Gasteiger partial charge in [0.05, 0.1) is 26.4 Å². The van der Waals surface area contributed by atoms with Crippen molar-refractivity contribution in [1.82, 2.24) is 4.90 Å². The third-order valence-corrected chi connectivity index (χ3v) is 5.22. The molecule has 0 atom stereocenters. The van der Waals surface area contributed by atoms with Crippen molar-refractivity contribution in [3.8, 4) is 28.4 Å². The lowest BCUT2D eigenvalue weighted by atomic mass is 10.0. The zero-order chi connectivity index (χ0) is 20.2. The Labute approximate surface area is 171 Å². The number of nitrogens with zero attached hydrogens (tertiary/aromatic N) is 1. The Morgan fingerprint density at radius 2 is 1.69 bits per heavy atom. The molecule has 1 heterocycles. The van der Waals surface area contributed by atoms with Crippen LogP contribution in [-0.4, -0.2) is 63.4 Å². The minimum Gasteiger partial charge on any atom is -0.494 e. The van der Waals surface area contributed by atoms with Crippen molar-refractivity contribution in [2.45, 2.75) is 13.8 Å². The van der Waals surface area contributed by atoms with E-state index in [0.717, 1.165) is 44.0 Å². The van der Waals surface area contributed by atoms with Crippen LogP contribution in [0.1, 0.15) is 29.8 Å². The lowest BCUT2D eigenvalue weighted by Crippen LogP contribution is -2.38. The highest BCUT2D eigenvalue weighted by Crippen LogP contribution is 2.49. The molecule has 2 aliphatic rings. The first-order valence-electron chi connectivity index (χ1n) is 10.3. The highest BCUT2D eigenvalue weighted by molar-refractivity contribution is 6.23. The topological polar surface area (TPSA) is 57.2 Å². The second kappa shape index (κ2) is 8.84. The summed E-state index contributed by atoms with van der Waals surface area (Å²) in [4.78, 5) is 15.4. The molecule has 29 heavy (non-hydrogen) atoms. The highest BCUT2D eigenvalue weighted by atomic mass is 16.5. The molecule has 0 spiro atoms. The van der Waals surface area contributed by atoms with Crippen LogP contribution in [0.5, 0.6) is 17.2 Å². The number of fused-ring (bicyclic) bond motifs is 3. The molecule has 2 aromatic rings. The predicted octanol–water partition coefficient (Wildman–Crippen LogP) is 3.41. The maximum Gasteiger partial charge on any atom is 0.194 e. The van der Waals surface area contributed by atoms with E-state index in [9.17, 15) is 4.79 Å². The fraction of sp³-hybridized carbons (Fsp3) is 0.435. The van der Waals surface area contributed by atoms with E-state index >= 15 is 0 Å². The Hall–Kier alpha value is -2.57. The summed E-state index contributed by atoms with van der Waals surface area (Å²) >= 11 is 0. The van der Waals surface area contributed by atoms with E-state index in [1.807, 2.05) is 38.1 Å². The first kappa shape index (κ1) is 19.7. The number of ketones is 1. The number of rotatable bonds is 8. The number of morpholine rings is 1. The molecule has 1 fully saturated rings. The van der Waals surface area contributed by atoms with Crippen molar-refractivity contribution in [3.05, 3.63) is 41.5 Å². The summed E-state index contributed by atoms with van der Waals surface area (Å²) in [5.41, 5.74) is 2.88. The molecule has 0 radical (unpaired) electrons. The molecule has 0 N–H and O–H groups in total. The molecule has 4 rings (SSSR count). The van der Waals surface area contributed by atoms with Gasteiger partial charge in [0.15, 0.2) is 5.78 Å². The van der Waals surface area contributed by atoms with Crippen LogP contribution in [0.25, 0.3) is 11.1 Å². The van der Waals surface area contributed by atoms with Crippen LogP contribution < -0.4 is 14.2 Å². The Kier molecular flexibility index (Phi) is 6.02. The van der Waals surface area contributed by atoms with Gasteiger partial charge in [-0.15, -0.1) is 0 Å². The van der Waals surface area contributed by atoms with Crippen LogP contribution in [0.3, 0.4) is 0 Å². The van der Waals surface area contributed by atoms with Crippen LogP contribution in [0.2, 0.25) is 0 Å². The van der Waals surface area contributed by atoms with E-state index in [0.29, 0.717) is 48.2 Å². The molecule has 1 aliphatic carbocycles. The van der Waals surface area contributed by atoms with Crippen molar-refractivity contribution in [1.29, 1.82) is 0 Å². The van der Waals surface area contributed by atoms with E-state index in [1.165, 1.54) is 0 Å². The number of benzene rings is 2. The molecule has 0 bridgehead atoms. The van der Waals surface area contributed by atoms with Gasteiger partial charge in [0.2, 0.25) is 0 Å². The second-order valence-electron chi connectivity index (χ2n) is 7.02. The molecule has 1 aliphatic heterocycles. The lowest BCUT2D eigenvalue weighted by Gasteiger charge is -2.26. The minimum absolute atomic E-state index is 0.0175. The summed E-state index contributed by atoms with van der Waals surface area (Å²) in [6, 6.07) is 9.31. The molecule has 6 heteroatoms. The third-order valence-electron chi connectivity index (χ3n) is 5.22. The van der Waals surface area contributed by atoms with E-state index in [2.05, 4.69) is 4.90 Å². The largest absolute Gasteiger partial charge is 0.494 e. The molecule has 0 saturated carbocycles. The van der Waals surface area contributed by atoms with Crippen molar-refractivity contribution in [3.63, 3.8) is 0 Å². The molecule has 0 amide bonds. The van der Waals surface area contributed by atoms with Crippen LogP contribution in [0, 0.1) is 0 Å². The molecule has 2 aromatic carbocycles. The van der Waals surface area contributed by atoms with Gasteiger partial charge in [-0.2, -0.15) is 0 Å². The summed E-state index contributed by atoms with van der Waals surface area (Å²) in [6.07, 6.45) is 0. The molecular weight excluding hydrogens is 370 g/mol. The second-order valence-corrected chi connectivity index (χ2v) is 7.02. The number of hydrogen-bond acceptors (Lipinski definition) is 6. The number of ether oxygens (including phenoxy) is 4. The van der Waals surface area contributed by atoms with Gasteiger partial charge in [-0.05, 0) is 26.0 Å². The summed E-state index contributed by atoms with van der Waals surface area (Å²) in [6.45, 7) is 9.65. The van der Waals surface area contributed by atoms with Crippen LogP contribution in [0.15, 0.2) is 30.3 Å². The van der Waals surface area contributed by atoms with Crippen LogP contribution in [0.4, 0.5) is 0 Å². The molecule has 1 saturated heterocycles. The van der Waals surface area contributed by atoms with Crippen molar-refractivity contribution < 1.29 is 23.7 Å². The summed E-state index contributed by atoms with van der Waals surface area (Å²) < 4.78 is 23.1. The average Bonchev–Trinajstić information content (AvgIpc) is 3.03. The van der Waals surface area contributed by atoms with Crippen molar-refractivity contribution in [2.24, 2.45) is 0 Å². The zero-order valence-electron chi connectivity index (χ0n) is 17.0. The lowest BCUT2D eigenvalue weighted by molar-refractivity contribution is 0.0323. The van der Waals surface area contributed by atoms with E-state index in [-0.39, 0.29) is 5.78 Å². The average molecular weight is 397 g/mol. The van der Waals surface area contributed by atoms with E-state index in [1.54, 1.807) is 6.07 Å². The quantitative estimate of drug-likeness (QED) is 0.581. The maximum atomic E-state index is 13.1. The minimum atomic E-state index is -0.0175. The third kappa shape index (κ3) is 3.95. The smallest absolute Gasteiger partial charge is 0.194 e. The van der Waals surface area contributed by atoms with Gasteiger partial charge >= 0.3 is 0 Å². The van der Waals surface area contributed by atoms with Gasteiger partial charge in [-0.25, -0.2) is 0 Å². The highest BCUT2D eigenvalue weighted by Gasteiger charge is 2.33. The molecular formula is C23H27NO5. The Morgan fingerprint density at radius 1 is 0.931 bits per heavy atom. The van der Waals surface area contributed by atoms with Crippen LogP contribution in [-0.2, 0) is 4.74 Å². The summed E-state index contributed by atoms with van der Waals surface area (Å²) in [5.74, 6) is 2.00. The van der Waals surface area contributed by atoms with Gasteiger partial charge < -0.3 is 18.9 Å². The van der Waals surface area contributed by atoms with Crippen molar-refractivity contribution >= 4 is 5.78 Å². The Bertz CT molecular complexity index is 889. The SMILES string of the molecule is CCOc1cc(OCC)c2c(c1)C(=O)c1cccc(OCCN3CCOCC3)c1-2. The summed E-state index contributed by atoms with van der Waals surface area (Å²) in [5, 5.41) is 0. The number of carbonyl (C=O) groups excluding carboxylic acids is 1. The molecule has 0 aromatic heterocycles. The first-order chi connectivity index (χ1) is 14.2. The first-order valence-corrected chi connectivity index (χ1v) is 10.3. The fourth-order valence-corrected chi connectivity index (χ4v) is 3.90. The Balaban J connectivity index is 1.64. The maximum absolute atomic E-state index is 13.1. The fourth-order valence-electron chi connectivity index (χ4n) is 3.90. The normalized spacial score (nSPS) is 15.7. The number of hydrogen-bond donors (Lipinski definition) is 0. The van der Waals surface area contributed by atoms with E-state index < -0.39 is 0 Å². The Morgan fingerprint density at radius 3 is 2.45 bits per heavy atom.